The molecular weight excluding hydrogens is 364 g/mol. The Morgan fingerprint density at radius 2 is 1.64 bits per heavy atom. The topological polar surface area (TPSA) is 117 Å². The van der Waals surface area contributed by atoms with E-state index in [1.165, 1.54) is 39.4 Å². The molecule has 0 saturated heterocycles. The number of benzene rings is 2. The van der Waals surface area contributed by atoms with Crippen LogP contribution in [0.1, 0.15) is 22.8 Å². The van der Waals surface area contributed by atoms with Crippen LogP contribution in [0.25, 0.3) is 6.08 Å². The molecular formula is C20H20N2O6. The summed E-state index contributed by atoms with van der Waals surface area (Å²) in [6.07, 6.45) is 2.79. The van der Waals surface area contributed by atoms with Gasteiger partial charge in [0.05, 0.1) is 25.5 Å². The summed E-state index contributed by atoms with van der Waals surface area (Å²) in [6.45, 7) is 1.26. The van der Waals surface area contributed by atoms with Gasteiger partial charge >= 0.3 is 5.97 Å². The maximum Gasteiger partial charge on any atom is 0.308 e. The van der Waals surface area contributed by atoms with Gasteiger partial charge < -0.3 is 25.3 Å². The highest BCUT2D eigenvalue weighted by atomic mass is 16.6. The number of nitrogens with two attached hydrogens (primary N) is 1. The number of methoxy groups -OCH3 is 2. The van der Waals surface area contributed by atoms with Crippen LogP contribution in [0.3, 0.4) is 0 Å². The number of primary amides is 1. The van der Waals surface area contributed by atoms with E-state index in [1.54, 1.807) is 30.3 Å². The second-order valence-electron chi connectivity index (χ2n) is 5.58. The summed E-state index contributed by atoms with van der Waals surface area (Å²) in [7, 11) is 2.84. The molecule has 3 N–H and O–H groups in total. The smallest absolute Gasteiger partial charge is 0.308 e. The Morgan fingerprint density at radius 1 is 1.04 bits per heavy atom. The fourth-order valence-corrected chi connectivity index (χ4v) is 2.39. The van der Waals surface area contributed by atoms with Crippen molar-refractivity contribution in [3.8, 4) is 17.2 Å². The number of rotatable bonds is 7. The molecule has 0 spiro atoms. The van der Waals surface area contributed by atoms with Crippen LogP contribution in [0.15, 0.2) is 42.5 Å². The van der Waals surface area contributed by atoms with Crippen LogP contribution in [0.4, 0.5) is 5.69 Å². The highest BCUT2D eigenvalue weighted by molar-refractivity contribution is 6.07. The van der Waals surface area contributed by atoms with E-state index in [0.717, 1.165) is 0 Å². The van der Waals surface area contributed by atoms with Crippen LogP contribution in [-0.4, -0.2) is 32.0 Å². The molecule has 0 unspecified atom stereocenters. The van der Waals surface area contributed by atoms with Crippen LogP contribution >= 0.6 is 0 Å². The average molecular weight is 384 g/mol. The number of esters is 1. The van der Waals surface area contributed by atoms with Crippen LogP contribution in [0.5, 0.6) is 17.2 Å². The Hall–Kier alpha value is -3.81. The van der Waals surface area contributed by atoms with Gasteiger partial charge in [-0.1, -0.05) is 12.1 Å². The SMILES string of the molecule is COc1cc(C=CC(=O)Nc2ccccc2C(N)=O)cc(OC)c1OC(C)=O. The van der Waals surface area contributed by atoms with Gasteiger partial charge in [-0.25, -0.2) is 0 Å². The van der Waals surface area contributed by atoms with Crippen LogP contribution < -0.4 is 25.3 Å². The van der Waals surface area contributed by atoms with Gasteiger partial charge in [-0.15, -0.1) is 0 Å². The van der Waals surface area contributed by atoms with Gasteiger partial charge in [0.25, 0.3) is 5.91 Å². The molecule has 0 heterocycles. The first-order valence-electron chi connectivity index (χ1n) is 8.18. The van der Waals surface area contributed by atoms with Gasteiger partial charge in [-0.05, 0) is 35.9 Å². The van der Waals surface area contributed by atoms with Crippen molar-refractivity contribution in [3.63, 3.8) is 0 Å². The van der Waals surface area contributed by atoms with Crippen LogP contribution in [-0.2, 0) is 9.59 Å². The lowest BCUT2D eigenvalue weighted by Gasteiger charge is -2.13. The van der Waals surface area contributed by atoms with Crippen molar-refractivity contribution in [3.05, 3.63) is 53.6 Å². The first-order chi connectivity index (χ1) is 13.3. The van der Waals surface area contributed by atoms with Gasteiger partial charge in [0.1, 0.15) is 0 Å². The number of hydrogen-bond donors (Lipinski definition) is 2. The Bertz CT molecular complexity index is 911. The highest BCUT2D eigenvalue weighted by Crippen LogP contribution is 2.39. The van der Waals surface area contributed by atoms with Gasteiger partial charge in [-0.3, -0.25) is 14.4 Å². The molecule has 0 aliphatic heterocycles. The molecule has 0 bridgehead atoms. The lowest BCUT2D eigenvalue weighted by atomic mass is 10.1. The van der Waals surface area contributed by atoms with Crippen molar-refractivity contribution in [2.45, 2.75) is 6.92 Å². The fraction of sp³-hybridized carbons (Fsp3) is 0.150. The summed E-state index contributed by atoms with van der Waals surface area (Å²) in [5.41, 5.74) is 6.39. The predicted molar refractivity (Wildman–Crippen MR) is 103 cm³/mol. The number of carbonyl (C=O) groups is 3. The molecule has 0 aromatic heterocycles. The molecule has 2 amide bonds. The largest absolute Gasteiger partial charge is 0.493 e. The number of anilines is 1. The number of amides is 2. The zero-order valence-electron chi connectivity index (χ0n) is 15.6. The van der Waals surface area contributed by atoms with Gasteiger partial charge in [0.2, 0.25) is 11.7 Å². The summed E-state index contributed by atoms with van der Waals surface area (Å²) >= 11 is 0. The van der Waals surface area contributed by atoms with Gasteiger partial charge in [0.15, 0.2) is 11.5 Å². The summed E-state index contributed by atoms with van der Waals surface area (Å²) in [6, 6.07) is 9.59. The van der Waals surface area contributed by atoms with Crippen molar-refractivity contribution < 1.29 is 28.6 Å². The normalized spacial score (nSPS) is 10.4. The quantitative estimate of drug-likeness (QED) is 0.430. The number of carbonyl (C=O) groups excluding carboxylic acids is 3. The molecule has 0 fully saturated rings. The summed E-state index contributed by atoms with van der Waals surface area (Å²) in [5, 5.41) is 2.60. The number of hydrogen-bond acceptors (Lipinski definition) is 6. The zero-order valence-corrected chi connectivity index (χ0v) is 15.6. The molecule has 2 rings (SSSR count). The average Bonchev–Trinajstić information content (AvgIpc) is 2.66. The van der Waals surface area contributed by atoms with Crippen molar-refractivity contribution >= 4 is 29.5 Å². The van der Waals surface area contributed by atoms with E-state index < -0.39 is 17.8 Å². The second kappa shape index (κ2) is 9.22. The minimum atomic E-state index is -0.643. The third-order valence-electron chi connectivity index (χ3n) is 3.61. The first-order valence-corrected chi connectivity index (χ1v) is 8.18. The lowest BCUT2D eigenvalue weighted by molar-refractivity contribution is -0.132. The maximum atomic E-state index is 12.2. The Labute approximate surface area is 161 Å². The molecule has 0 aliphatic rings. The Kier molecular flexibility index (Phi) is 6.75. The van der Waals surface area contributed by atoms with E-state index >= 15 is 0 Å². The Balaban J connectivity index is 2.25. The lowest BCUT2D eigenvalue weighted by Crippen LogP contribution is -2.16. The molecule has 8 nitrogen and oxygen atoms in total. The summed E-state index contributed by atoms with van der Waals surface area (Å²) < 4.78 is 15.6. The van der Waals surface area contributed by atoms with E-state index in [1.807, 2.05) is 0 Å². The number of ether oxygens (including phenoxy) is 3. The third kappa shape index (κ3) is 5.10. The number of para-hydroxylation sites is 1. The first kappa shape index (κ1) is 20.5. The summed E-state index contributed by atoms with van der Waals surface area (Å²) in [5.74, 6) is -0.935. The van der Waals surface area contributed by atoms with E-state index in [9.17, 15) is 14.4 Å². The van der Waals surface area contributed by atoms with Gasteiger partial charge in [0, 0.05) is 13.0 Å². The molecule has 146 valence electrons. The molecule has 28 heavy (non-hydrogen) atoms. The molecule has 2 aromatic carbocycles. The minimum absolute atomic E-state index is 0.148. The van der Waals surface area contributed by atoms with E-state index in [-0.39, 0.29) is 22.8 Å². The standard InChI is InChI=1S/C20H20N2O6/c1-12(23)28-19-16(26-2)10-13(11-17(19)27-3)8-9-18(24)22-15-7-5-4-6-14(15)20(21)25/h4-11H,1-3H3,(H2,21,25)(H,22,24). The molecule has 0 atom stereocenters. The minimum Gasteiger partial charge on any atom is -0.493 e. The molecule has 0 saturated carbocycles. The van der Waals surface area contributed by atoms with Crippen molar-refractivity contribution in [1.29, 1.82) is 0 Å². The zero-order chi connectivity index (χ0) is 20.7. The molecule has 0 aliphatic carbocycles. The van der Waals surface area contributed by atoms with Crippen LogP contribution in [0.2, 0.25) is 0 Å². The van der Waals surface area contributed by atoms with Gasteiger partial charge in [-0.2, -0.15) is 0 Å². The molecule has 0 radical (unpaired) electrons. The van der Waals surface area contributed by atoms with E-state index in [4.69, 9.17) is 19.9 Å². The van der Waals surface area contributed by atoms with E-state index in [2.05, 4.69) is 5.32 Å². The third-order valence-corrected chi connectivity index (χ3v) is 3.61. The monoisotopic (exact) mass is 384 g/mol. The second-order valence-corrected chi connectivity index (χ2v) is 5.58. The highest BCUT2D eigenvalue weighted by Gasteiger charge is 2.15. The summed E-state index contributed by atoms with van der Waals surface area (Å²) in [4.78, 5) is 34.9. The van der Waals surface area contributed by atoms with Crippen LogP contribution in [0, 0.1) is 0 Å². The molecule has 8 heteroatoms. The van der Waals surface area contributed by atoms with Crippen molar-refractivity contribution in [1.82, 2.24) is 0 Å². The Morgan fingerprint density at radius 3 is 2.18 bits per heavy atom. The molecule has 2 aromatic rings. The van der Waals surface area contributed by atoms with E-state index in [0.29, 0.717) is 11.3 Å². The maximum absolute atomic E-state index is 12.2. The van der Waals surface area contributed by atoms with Crippen molar-refractivity contribution in [2.24, 2.45) is 5.73 Å². The predicted octanol–water partition coefficient (Wildman–Crippen LogP) is 2.38. The fourth-order valence-electron chi connectivity index (χ4n) is 2.39. The van der Waals surface area contributed by atoms with Crippen molar-refractivity contribution in [2.75, 3.05) is 19.5 Å². The number of nitrogens with one attached hydrogen (secondary N) is 1.